The molecule has 0 spiro atoms. The van der Waals surface area contributed by atoms with Crippen molar-refractivity contribution in [3.05, 3.63) is 29.8 Å². The zero-order valence-electron chi connectivity index (χ0n) is 12.7. The molecule has 1 aromatic carbocycles. The summed E-state index contributed by atoms with van der Waals surface area (Å²) in [6.45, 7) is 0. The molecule has 5 nitrogen and oxygen atoms in total. The van der Waals surface area contributed by atoms with Crippen LogP contribution < -0.4 is 11.1 Å². The van der Waals surface area contributed by atoms with Crippen LogP contribution in [0.25, 0.3) is 0 Å². The Hall–Kier alpha value is -1.59. The van der Waals surface area contributed by atoms with Gasteiger partial charge in [0.2, 0.25) is 5.91 Å². The predicted octanol–water partition coefficient (Wildman–Crippen LogP) is 2.28. The second kappa shape index (κ2) is 8.76. The molecule has 0 aromatic heterocycles. The summed E-state index contributed by atoms with van der Waals surface area (Å²) >= 11 is 0. The summed E-state index contributed by atoms with van der Waals surface area (Å²) < 4.78 is 4.61. The van der Waals surface area contributed by atoms with Gasteiger partial charge in [0.25, 0.3) is 0 Å². The molecule has 2 rings (SSSR count). The lowest BCUT2D eigenvalue weighted by Gasteiger charge is -2.14. The number of halogens is 1. The zero-order chi connectivity index (χ0) is 15.2. The van der Waals surface area contributed by atoms with Crippen LogP contribution in [0.2, 0.25) is 0 Å². The molecule has 1 fully saturated rings. The molecule has 1 amide bonds. The van der Waals surface area contributed by atoms with Gasteiger partial charge in [-0.25, -0.2) is 0 Å². The van der Waals surface area contributed by atoms with Crippen molar-refractivity contribution in [3.63, 3.8) is 0 Å². The largest absolute Gasteiger partial charge is 0.469 e. The topological polar surface area (TPSA) is 81.4 Å². The normalized spacial score (nSPS) is 20.1. The lowest BCUT2D eigenvalue weighted by Crippen LogP contribution is -2.28. The minimum atomic E-state index is -0.276. The summed E-state index contributed by atoms with van der Waals surface area (Å²) in [4.78, 5) is 23.1. The number of carbonyl (C=O) groups is 2. The van der Waals surface area contributed by atoms with Crippen molar-refractivity contribution in [1.82, 2.24) is 0 Å². The molecule has 0 bridgehead atoms. The lowest BCUT2D eigenvalue weighted by molar-refractivity contribution is -0.139. The van der Waals surface area contributed by atoms with Crippen molar-refractivity contribution >= 4 is 30.0 Å². The van der Waals surface area contributed by atoms with E-state index in [1.54, 1.807) is 12.1 Å². The van der Waals surface area contributed by atoms with Crippen LogP contribution in [0.1, 0.15) is 31.2 Å². The number of ether oxygens (including phenoxy) is 1. The van der Waals surface area contributed by atoms with Gasteiger partial charge in [-0.3, -0.25) is 9.59 Å². The second-order valence-corrected chi connectivity index (χ2v) is 5.56. The Morgan fingerprint density at radius 3 is 2.50 bits per heavy atom. The average Bonchev–Trinajstić information content (AvgIpc) is 2.86. The average molecular weight is 327 g/mol. The first-order valence-electron chi connectivity index (χ1n) is 7.29. The number of nitrogens with two attached hydrogens (primary N) is 1. The SMILES string of the molecule is COC(=O)Cc1ccc(NC(=O)C[C@@H]2CCC[C@H]2N)cc1.Cl. The monoisotopic (exact) mass is 326 g/mol. The fraction of sp³-hybridized carbons (Fsp3) is 0.500. The summed E-state index contributed by atoms with van der Waals surface area (Å²) in [6.07, 6.45) is 3.88. The van der Waals surface area contributed by atoms with Crippen LogP contribution in [0.5, 0.6) is 0 Å². The Balaban J connectivity index is 0.00000242. The second-order valence-electron chi connectivity index (χ2n) is 5.56. The molecule has 1 aliphatic rings. The Morgan fingerprint density at radius 1 is 1.27 bits per heavy atom. The highest BCUT2D eigenvalue weighted by molar-refractivity contribution is 5.91. The van der Waals surface area contributed by atoms with Crippen LogP contribution in [-0.2, 0) is 20.7 Å². The van der Waals surface area contributed by atoms with Gasteiger partial charge in [0, 0.05) is 18.2 Å². The van der Waals surface area contributed by atoms with Gasteiger partial charge in [0.15, 0.2) is 0 Å². The molecule has 0 unspecified atom stereocenters. The Morgan fingerprint density at radius 2 is 1.95 bits per heavy atom. The van der Waals surface area contributed by atoms with Crippen LogP contribution >= 0.6 is 12.4 Å². The maximum absolute atomic E-state index is 12.0. The van der Waals surface area contributed by atoms with E-state index in [1.807, 2.05) is 12.1 Å². The molecule has 0 saturated heterocycles. The summed E-state index contributed by atoms with van der Waals surface area (Å²) in [5.74, 6) is 0.0173. The van der Waals surface area contributed by atoms with E-state index in [9.17, 15) is 9.59 Å². The molecular formula is C16H23ClN2O3. The van der Waals surface area contributed by atoms with Crippen LogP contribution in [0.15, 0.2) is 24.3 Å². The quantitative estimate of drug-likeness (QED) is 0.813. The third kappa shape index (κ3) is 5.31. The first-order valence-corrected chi connectivity index (χ1v) is 7.29. The molecule has 0 aliphatic heterocycles. The van der Waals surface area contributed by atoms with Gasteiger partial charge < -0.3 is 15.8 Å². The van der Waals surface area contributed by atoms with Crippen LogP contribution in [0.4, 0.5) is 5.69 Å². The zero-order valence-corrected chi connectivity index (χ0v) is 13.5. The smallest absolute Gasteiger partial charge is 0.309 e. The predicted molar refractivity (Wildman–Crippen MR) is 88.0 cm³/mol. The molecule has 0 radical (unpaired) electrons. The number of benzene rings is 1. The summed E-state index contributed by atoms with van der Waals surface area (Å²) in [6, 6.07) is 7.37. The van der Waals surface area contributed by atoms with Crippen molar-refractivity contribution in [2.45, 2.75) is 38.1 Å². The van der Waals surface area contributed by atoms with E-state index >= 15 is 0 Å². The molecule has 6 heteroatoms. The third-order valence-corrected chi connectivity index (χ3v) is 3.98. The fourth-order valence-electron chi connectivity index (χ4n) is 2.71. The van der Waals surface area contributed by atoms with E-state index in [-0.39, 0.29) is 36.7 Å². The van der Waals surface area contributed by atoms with Gasteiger partial charge in [-0.2, -0.15) is 0 Å². The maximum atomic E-state index is 12.0. The highest BCUT2D eigenvalue weighted by atomic mass is 35.5. The van der Waals surface area contributed by atoms with Crippen molar-refractivity contribution < 1.29 is 14.3 Å². The molecule has 0 heterocycles. The fourth-order valence-corrected chi connectivity index (χ4v) is 2.71. The first-order chi connectivity index (χ1) is 10.1. The Labute approximate surface area is 137 Å². The number of hydrogen-bond acceptors (Lipinski definition) is 4. The van der Waals surface area contributed by atoms with Gasteiger partial charge in [0.05, 0.1) is 13.5 Å². The van der Waals surface area contributed by atoms with E-state index in [1.165, 1.54) is 7.11 Å². The molecule has 1 aliphatic carbocycles. The number of amides is 1. The summed E-state index contributed by atoms with van der Waals surface area (Å²) in [5, 5.41) is 2.87. The summed E-state index contributed by atoms with van der Waals surface area (Å²) in [5.41, 5.74) is 7.57. The summed E-state index contributed by atoms with van der Waals surface area (Å²) in [7, 11) is 1.37. The number of anilines is 1. The molecular weight excluding hydrogens is 304 g/mol. The number of carbonyl (C=O) groups excluding carboxylic acids is 2. The van der Waals surface area contributed by atoms with Gasteiger partial charge in [-0.05, 0) is 36.5 Å². The Bertz CT molecular complexity index is 505. The van der Waals surface area contributed by atoms with Gasteiger partial charge in [0.1, 0.15) is 0 Å². The van der Waals surface area contributed by atoms with Crippen molar-refractivity contribution in [1.29, 1.82) is 0 Å². The minimum absolute atomic E-state index is 0. The van der Waals surface area contributed by atoms with Crippen molar-refractivity contribution in [3.8, 4) is 0 Å². The number of methoxy groups -OCH3 is 1. The maximum Gasteiger partial charge on any atom is 0.309 e. The molecule has 1 saturated carbocycles. The van der Waals surface area contributed by atoms with Crippen LogP contribution in [-0.4, -0.2) is 25.0 Å². The number of hydrogen-bond donors (Lipinski definition) is 2. The first kappa shape index (κ1) is 18.5. The van der Waals surface area contributed by atoms with Gasteiger partial charge in [-0.15, -0.1) is 12.4 Å². The number of nitrogens with one attached hydrogen (secondary N) is 1. The number of esters is 1. The molecule has 122 valence electrons. The highest BCUT2D eigenvalue weighted by Crippen LogP contribution is 2.27. The highest BCUT2D eigenvalue weighted by Gasteiger charge is 2.25. The molecule has 1 aromatic rings. The molecule has 22 heavy (non-hydrogen) atoms. The van der Waals surface area contributed by atoms with Crippen molar-refractivity contribution in [2.24, 2.45) is 11.7 Å². The Kier molecular flexibility index (Phi) is 7.35. The van der Waals surface area contributed by atoms with Crippen molar-refractivity contribution in [2.75, 3.05) is 12.4 Å². The van der Waals surface area contributed by atoms with E-state index < -0.39 is 0 Å². The van der Waals surface area contributed by atoms with Gasteiger partial charge >= 0.3 is 5.97 Å². The van der Waals surface area contributed by atoms with E-state index in [0.717, 1.165) is 30.5 Å². The molecule has 2 atom stereocenters. The van der Waals surface area contributed by atoms with E-state index in [2.05, 4.69) is 10.1 Å². The van der Waals surface area contributed by atoms with E-state index in [4.69, 9.17) is 5.73 Å². The minimum Gasteiger partial charge on any atom is -0.469 e. The van der Waals surface area contributed by atoms with Crippen LogP contribution in [0, 0.1) is 5.92 Å². The molecule has 3 N–H and O–H groups in total. The van der Waals surface area contributed by atoms with Crippen LogP contribution in [0.3, 0.4) is 0 Å². The van der Waals surface area contributed by atoms with Gasteiger partial charge in [-0.1, -0.05) is 18.6 Å². The lowest BCUT2D eigenvalue weighted by atomic mass is 10.00. The standard InChI is InChI=1S/C16H22N2O3.ClH/c1-21-16(20)9-11-5-7-13(8-6-11)18-15(19)10-12-3-2-4-14(12)17;/h5-8,12,14H,2-4,9-10,17H2,1H3,(H,18,19);1H/t12-,14+;/m0./s1. The van der Waals surface area contributed by atoms with E-state index in [0.29, 0.717) is 12.3 Å². The number of rotatable bonds is 5. The third-order valence-electron chi connectivity index (χ3n) is 3.98.